The Morgan fingerprint density at radius 1 is 1.09 bits per heavy atom. The SMILES string of the molecule is COC(=O)C[C@H]1O[C@@H](c2ccc(Cl)c(Cc3ccc(O[C@H]4CCOC4)cc3)c2)[C@H](O)[C@H](O)[C@@H]1O. The van der Waals surface area contributed by atoms with Crippen LogP contribution in [0.4, 0.5) is 0 Å². The molecule has 9 heteroatoms. The number of aliphatic hydroxyl groups excluding tert-OH is 3. The topological polar surface area (TPSA) is 115 Å². The van der Waals surface area contributed by atoms with Gasteiger partial charge in [-0.05, 0) is 41.3 Å². The molecule has 6 atom stereocenters. The smallest absolute Gasteiger partial charge is 0.308 e. The third-order valence-corrected chi connectivity index (χ3v) is 6.58. The van der Waals surface area contributed by atoms with E-state index in [0.717, 1.165) is 29.9 Å². The molecule has 2 aliphatic rings. The van der Waals surface area contributed by atoms with Gasteiger partial charge < -0.3 is 34.3 Å². The average molecular weight is 493 g/mol. The second-order valence-corrected chi connectivity index (χ2v) is 9.03. The second kappa shape index (κ2) is 11.0. The maximum atomic E-state index is 11.7. The summed E-state index contributed by atoms with van der Waals surface area (Å²) in [5.41, 5.74) is 2.39. The highest BCUT2D eigenvalue weighted by Gasteiger charge is 2.45. The molecular formula is C25H29ClO8. The van der Waals surface area contributed by atoms with Crippen molar-refractivity contribution in [3.05, 3.63) is 64.2 Å². The summed E-state index contributed by atoms with van der Waals surface area (Å²) >= 11 is 6.44. The Kier molecular flexibility index (Phi) is 8.08. The molecular weight excluding hydrogens is 464 g/mol. The summed E-state index contributed by atoms with van der Waals surface area (Å²) in [6, 6.07) is 12.9. The minimum atomic E-state index is -1.48. The molecule has 3 N–H and O–H groups in total. The lowest BCUT2D eigenvalue weighted by atomic mass is 9.89. The third kappa shape index (κ3) is 5.71. The van der Waals surface area contributed by atoms with Gasteiger partial charge >= 0.3 is 5.97 Å². The number of hydrogen-bond acceptors (Lipinski definition) is 8. The van der Waals surface area contributed by atoms with Crippen molar-refractivity contribution in [2.45, 2.75) is 55.9 Å². The van der Waals surface area contributed by atoms with E-state index in [4.69, 9.17) is 25.8 Å². The third-order valence-electron chi connectivity index (χ3n) is 6.21. The summed E-state index contributed by atoms with van der Waals surface area (Å²) in [6.07, 6.45) is -5.02. The molecule has 2 aromatic carbocycles. The number of methoxy groups -OCH3 is 1. The number of esters is 1. The van der Waals surface area contributed by atoms with Crippen LogP contribution in [0.2, 0.25) is 5.02 Å². The average Bonchev–Trinajstić information content (AvgIpc) is 3.35. The monoisotopic (exact) mass is 492 g/mol. The highest BCUT2D eigenvalue weighted by molar-refractivity contribution is 6.31. The Bertz CT molecular complexity index is 975. The Hall–Kier alpha value is -2.20. The van der Waals surface area contributed by atoms with E-state index < -0.39 is 36.5 Å². The standard InChI is InChI=1S/C25H29ClO8/c1-31-21(27)12-20-22(28)23(29)24(30)25(34-20)15-4-7-19(26)16(11-15)10-14-2-5-17(6-3-14)33-18-8-9-32-13-18/h2-7,11,18,20,22-25,28-30H,8-10,12-13H2,1H3/t18-,20+,22+,23+,24+,25-/m0/s1. The highest BCUT2D eigenvalue weighted by atomic mass is 35.5. The van der Waals surface area contributed by atoms with Crippen LogP contribution >= 0.6 is 11.6 Å². The molecule has 0 saturated carbocycles. The van der Waals surface area contributed by atoms with Gasteiger partial charge in [-0.15, -0.1) is 0 Å². The molecule has 2 fully saturated rings. The van der Waals surface area contributed by atoms with E-state index >= 15 is 0 Å². The van der Waals surface area contributed by atoms with Crippen LogP contribution in [0.5, 0.6) is 5.75 Å². The number of benzene rings is 2. The Morgan fingerprint density at radius 2 is 1.85 bits per heavy atom. The van der Waals surface area contributed by atoms with Crippen molar-refractivity contribution in [2.24, 2.45) is 0 Å². The molecule has 2 aromatic rings. The van der Waals surface area contributed by atoms with Gasteiger partial charge in [0.1, 0.15) is 36.3 Å². The van der Waals surface area contributed by atoms with Gasteiger partial charge in [-0.3, -0.25) is 4.79 Å². The molecule has 0 radical (unpaired) electrons. The first-order valence-electron chi connectivity index (χ1n) is 11.2. The zero-order valence-electron chi connectivity index (χ0n) is 18.8. The molecule has 0 unspecified atom stereocenters. The predicted octanol–water partition coefficient (Wildman–Crippen LogP) is 2.18. The van der Waals surface area contributed by atoms with Crippen molar-refractivity contribution in [1.82, 2.24) is 0 Å². The van der Waals surface area contributed by atoms with Crippen LogP contribution in [0.25, 0.3) is 0 Å². The normalized spacial score (nSPS) is 29.1. The van der Waals surface area contributed by atoms with Crippen LogP contribution < -0.4 is 4.74 Å². The number of hydrogen-bond donors (Lipinski definition) is 3. The van der Waals surface area contributed by atoms with Gasteiger partial charge in [0.05, 0.1) is 32.8 Å². The lowest BCUT2D eigenvalue weighted by molar-refractivity contribution is -0.227. The zero-order chi connectivity index (χ0) is 24.2. The lowest BCUT2D eigenvalue weighted by Crippen LogP contribution is -2.54. The number of rotatable bonds is 7. The number of carbonyl (C=O) groups is 1. The van der Waals surface area contributed by atoms with E-state index in [2.05, 4.69) is 4.74 Å². The molecule has 8 nitrogen and oxygen atoms in total. The van der Waals surface area contributed by atoms with Gasteiger partial charge in [-0.1, -0.05) is 35.9 Å². The first-order chi connectivity index (χ1) is 16.4. The fraction of sp³-hybridized carbons (Fsp3) is 0.480. The van der Waals surface area contributed by atoms with Crippen LogP contribution in [0, 0.1) is 0 Å². The van der Waals surface area contributed by atoms with Crippen molar-refractivity contribution >= 4 is 17.6 Å². The largest absolute Gasteiger partial charge is 0.488 e. The van der Waals surface area contributed by atoms with E-state index in [1.165, 1.54) is 7.11 Å². The Labute approximate surface area is 203 Å². The molecule has 184 valence electrons. The van der Waals surface area contributed by atoms with Gasteiger partial charge in [-0.25, -0.2) is 0 Å². The molecule has 0 aliphatic carbocycles. The first-order valence-corrected chi connectivity index (χ1v) is 11.6. The summed E-state index contributed by atoms with van der Waals surface area (Å²) in [4.78, 5) is 11.7. The maximum Gasteiger partial charge on any atom is 0.308 e. The molecule has 4 rings (SSSR count). The zero-order valence-corrected chi connectivity index (χ0v) is 19.6. The molecule has 0 spiro atoms. The Balaban J connectivity index is 1.49. The summed E-state index contributed by atoms with van der Waals surface area (Å²) in [7, 11) is 1.23. The second-order valence-electron chi connectivity index (χ2n) is 8.62. The summed E-state index contributed by atoms with van der Waals surface area (Å²) in [5, 5.41) is 31.7. The number of carbonyl (C=O) groups excluding carboxylic acids is 1. The van der Waals surface area contributed by atoms with Gasteiger partial charge in [-0.2, -0.15) is 0 Å². The van der Waals surface area contributed by atoms with Crippen molar-refractivity contribution in [1.29, 1.82) is 0 Å². The molecule has 0 bridgehead atoms. The van der Waals surface area contributed by atoms with Crippen molar-refractivity contribution in [3.8, 4) is 5.75 Å². The number of halogens is 1. The van der Waals surface area contributed by atoms with Crippen LogP contribution in [-0.4, -0.2) is 72.1 Å². The maximum absolute atomic E-state index is 11.7. The van der Waals surface area contributed by atoms with E-state index in [1.807, 2.05) is 24.3 Å². The summed E-state index contributed by atoms with van der Waals surface area (Å²) in [6.45, 7) is 1.32. The minimum absolute atomic E-state index is 0.0794. The van der Waals surface area contributed by atoms with Crippen LogP contribution in [0.1, 0.15) is 35.6 Å². The van der Waals surface area contributed by atoms with Gasteiger partial charge in [0.2, 0.25) is 0 Å². The number of ether oxygens (including phenoxy) is 4. The van der Waals surface area contributed by atoms with Crippen LogP contribution in [0.3, 0.4) is 0 Å². The minimum Gasteiger partial charge on any atom is -0.488 e. The fourth-order valence-corrected chi connectivity index (χ4v) is 4.44. The van der Waals surface area contributed by atoms with Gasteiger partial charge in [0.25, 0.3) is 0 Å². The van der Waals surface area contributed by atoms with E-state index in [-0.39, 0.29) is 12.5 Å². The van der Waals surface area contributed by atoms with Crippen LogP contribution in [-0.2, 0) is 25.4 Å². The molecule has 0 amide bonds. The summed E-state index contributed by atoms with van der Waals surface area (Å²) in [5.74, 6) is 0.193. The first kappa shape index (κ1) is 24.9. The predicted molar refractivity (Wildman–Crippen MR) is 123 cm³/mol. The van der Waals surface area contributed by atoms with Gasteiger partial charge in [0.15, 0.2) is 0 Å². The molecule has 34 heavy (non-hydrogen) atoms. The fourth-order valence-electron chi connectivity index (χ4n) is 4.25. The highest BCUT2D eigenvalue weighted by Crippen LogP contribution is 2.35. The van der Waals surface area contributed by atoms with E-state index in [0.29, 0.717) is 23.6 Å². The van der Waals surface area contributed by atoms with Crippen molar-refractivity contribution in [3.63, 3.8) is 0 Å². The summed E-state index contributed by atoms with van der Waals surface area (Å²) < 4.78 is 21.7. The van der Waals surface area contributed by atoms with Gasteiger partial charge in [0, 0.05) is 11.4 Å². The number of aliphatic hydroxyl groups is 3. The van der Waals surface area contributed by atoms with E-state index in [9.17, 15) is 20.1 Å². The quantitative estimate of drug-likeness (QED) is 0.504. The lowest BCUT2D eigenvalue weighted by Gasteiger charge is -2.40. The molecule has 2 saturated heterocycles. The van der Waals surface area contributed by atoms with Crippen LogP contribution in [0.15, 0.2) is 42.5 Å². The van der Waals surface area contributed by atoms with E-state index in [1.54, 1.807) is 18.2 Å². The molecule has 0 aromatic heterocycles. The van der Waals surface area contributed by atoms with Crippen molar-refractivity contribution < 1.29 is 39.1 Å². The Morgan fingerprint density at radius 3 is 2.53 bits per heavy atom. The van der Waals surface area contributed by atoms with Crippen molar-refractivity contribution in [2.75, 3.05) is 20.3 Å². The molecule has 2 heterocycles. The molecule has 2 aliphatic heterocycles.